The van der Waals surface area contributed by atoms with Crippen molar-refractivity contribution in [1.29, 1.82) is 0 Å². The van der Waals surface area contributed by atoms with E-state index in [2.05, 4.69) is 5.32 Å². The molecule has 0 radical (unpaired) electrons. The van der Waals surface area contributed by atoms with Gasteiger partial charge in [0.2, 0.25) is 5.91 Å². The van der Waals surface area contributed by atoms with Crippen molar-refractivity contribution in [1.82, 2.24) is 5.32 Å². The summed E-state index contributed by atoms with van der Waals surface area (Å²) < 4.78 is 15.9. The van der Waals surface area contributed by atoms with E-state index in [1.54, 1.807) is 0 Å². The number of rotatable bonds is 13. The Kier molecular flexibility index (Phi) is 11.7. The molecule has 0 aromatic rings. The van der Waals surface area contributed by atoms with Crippen molar-refractivity contribution in [3.63, 3.8) is 0 Å². The minimum atomic E-state index is 0.0255. The number of ketones is 1. The first kappa shape index (κ1) is 21.1. The van der Waals surface area contributed by atoms with Crippen LogP contribution in [0.25, 0.3) is 0 Å². The highest BCUT2D eigenvalue weighted by molar-refractivity contribution is 5.80. The Balaban J connectivity index is 1.96. The number of carbonyl (C=O) groups excluding carboxylic acids is 2. The van der Waals surface area contributed by atoms with E-state index in [9.17, 15) is 9.59 Å². The average Bonchev–Trinajstić information content (AvgIpc) is 2.60. The van der Waals surface area contributed by atoms with Gasteiger partial charge < -0.3 is 19.5 Å². The molecule has 1 rings (SSSR count). The van der Waals surface area contributed by atoms with Gasteiger partial charge in [-0.05, 0) is 32.6 Å². The predicted octanol–water partition coefficient (Wildman–Crippen LogP) is 2.10. The first-order chi connectivity index (χ1) is 11.7. The quantitative estimate of drug-likeness (QED) is 0.518. The van der Waals surface area contributed by atoms with Crippen LogP contribution in [0.3, 0.4) is 0 Å². The van der Waals surface area contributed by atoms with E-state index in [0.717, 1.165) is 25.7 Å². The number of ether oxygens (including phenoxy) is 3. The van der Waals surface area contributed by atoms with E-state index < -0.39 is 0 Å². The van der Waals surface area contributed by atoms with Gasteiger partial charge in [-0.15, -0.1) is 0 Å². The lowest BCUT2D eigenvalue weighted by Crippen LogP contribution is -2.39. The largest absolute Gasteiger partial charge is 0.379 e. The smallest absolute Gasteiger partial charge is 0.222 e. The zero-order valence-electron chi connectivity index (χ0n) is 15.2. The fourth-order valence-electron chi connectivity index (χ4n) is 2.90. The van der Waals surface area contributed by atoms with Crippen LogP contribution in [0.4, 0.5) is 0 Å². The predicted molar refractivity (Wildman–Crippen MR) is 91.9 cm³/mol. The molecule has 0 heterocycles. The number of Topliss-reactive ketones (excluding diaryl/α,β-unsaturated/α-hetero) is 1. The molecular weight excluding hydrogens is 310 g/mol. The van der Waals surface area contributed by atoms with Gasteiger partial charge in [0, 0.05) is 31.4 Å². The minimum Gasteiger partial charge on any atom is -0.379 e. The Morgan fingerprint density at radius 2 is 1.46 bits per heavy atom. The van der Waals surface area contributed by atoms with Crippen LogP contribution in [0.2, 0.25) is 0 Å². The average molecular weight is 343 g/mol. The Bertz CT molecular complexity index is 353. The zero-order chi connectivity index (χ0) is 17.6. The second kappa shape index (κ2) is 13.3. The Hall–Kier alpha value is -0.980. The summed E-state index contributed by atoms with van der Waals surface area (Å²) in [6, 6.07) is 0.209. The van der Waals surface area contributed by atoms with E-state index >= 15 is 0 Å². The molecule has 0 saturated heterocycles. The third-order valence-corrected chi connectivity index (χ3v) is 4.32. The van der Waals surface area contributed by atoms with Crippen LogP contribution < -0.4 is 5.32 Å². The topological polar surface area (TPSA) is 73.9 Å². The van der Waals surface area contributed by atoms with Gasteiger partial charge in [0.05, 0.1) is 33.0 Å². The fraction of sp³-hybridized carbons (Fsp3) is 0.889. The lowest BCUT2D eigenvalue weighted by molar-refractivity contribution is -0.124. The molecule has 1 N–H and O–H groups in total. The summed E-state index contributed by atoms with van der Waals surface area (Å²) in [6.45, 7) is 7.15. The normalized spacial score (nSPS) is 20.8. The lowest BCUT2D eigenvalue weighted by atomic mass is 9.83. The molecule has 1 fully saturated rings. The van der Waals surface area contributed by atoms with E-state index in [4.69, 9.17) is 14.2 Å². The van der Waals surface area contributed by atoms with Crippen molar-refractivity contribution in [2.45, 2.75) is 58.4 Å². The molecule has 0 aromatic carbocycles. The van der Waals surface area contributed by atoms with Gasteiger partial charge in [0.15, 0.2) is 0 Å². The minimum absolute atomic E-state index is 0.0255. The van der Waals surface area contributed by atoms with Crippen molar-refractivity contribution in [2.24, 2.45) is 5.92 Å². The van der Waals surface area contributed by atoms with Crippen molar-refractivity contribution in [3.8, 4) is 0 Å². The number of carbonyl (C=O) groups is 2. The van der Waals surface area contributed by atoms with Crippen LogP contribution in [-0.2, 0) is 23.8 Å². The van der Waals surface area contributed by atoms with Gasteiger partial charge in [0.25, 0.3) is 0 Å². The van der Waals surface area contributed by atoms with Gasteiger partial charge in [-0.3, -0.25) is 9.59 Å². The summed E-state index contributed by atoms with van der Waals surface area (Å²) in [4.78, 5) is 23.6. The monoisotopic (exact) mass is 343 g/mol. The fourth-order valence-corrected chi connectivity index (χ4v) is 2.90. The standard InChI is InChI=1S/C18H33NO5/c1-3-17(20)15-5-7-16(8-6-15)19-18(21)9-10-23-13-14-24-12-11-22-4-2/h15-16H,3-14H2,1-2H3,(H,19,21). The second-order valence-electron chi connectivity index (χ2n) is 6.11. The molecule has 6 heteroatoms. The van der Waals surface area contributed by atoms with Crippen LogP contribution in [0, 0.1) is 5.92 Å². The molecule has 6 nitrogen and oxygen atoms in total. The summed E-state index contributed by atoms with van der Waals surface area (Å²) in [6.07, 6.45) is 4.58. The maximum absolute atomic E-state index is 11.9. The van der Waals surface area contributed by atoms with E-state index in [1.165, 1.54) is 0 Å². The van der Waals surface area contributed by atoms with E-state index in [1.807, 2.05) is 13.8 Å². The molecule has 0 spiro atoms. The molecular formula is C18H33NO5. The number of hydrogen-bond donors (Lipinski definition) is 1. The Morgan fingerprint density at radius 1 is 0.875 bits per heavy atom. The van der Waals surface area contributed by atoms with Crippen molar-refractivity contribution >= 4 is 11.7 Å². The van der Waals surface area contributed by atoms with Crippen LogP contribution in [-0.4, -0.2) is 57.4 Å². The summed E-state index contributed by atoms with van der Waals surface area (Å²) in [5.41, 5.74) is 0. The van der Waals surface area contributed by atoms with Gasteiger partial charge in [-0.1, -0.05) is 6.92 Å². The van der Waals surface area contributed by atoms with Gasteiger partial charge in [-0.25, -0.2) is 0 Å². The molecule has 0 atom stereocenters. The van der Waals surface area contributed by atoms with Crippen LogP contribution in [0.15, 0.2) is 0 Å². The zero-order valence-corrected chi connectivity index (χ0v) is 15.2. The first-order valence-corrected chi connectivity index (χ1v) is 9.22. The second-order valence-corrected chi connectivity index (χ2v) is 6.11. The maximum atomic E-state index is 11.9. The summed E-state index contributed by atoms with van der Waals surface area (Å²) in [7, 11) is 0. The first-order valence-electron chi connectivity index (χ1n) is 9.22. The van der Waals surface area contributed by atoms with Crippen molar-refractivity contribution in [2.75, 3.05) is 39.6 Å². The van der Waals surface area contributed by atoms with Crippen LogP contribution in [0.5, 0.6) is 0 Å². The Labute approximate surface area is 145 Å². The highest BCUT2D eigenvalue weighted by Gasteiger charge is 2.25. The SMILES string of the molecule is CCOCCOCCOCCC(=O)NC1CCC(C(=O)CC)CC1. The molecule has 1 amide bonds. The molecule has 140 valence electrons. The van der Waals surface area contributed by atoms with Crippen molar-refractivity contribution in [3.05, 3.63) is 0 Å². The molecule has 1 aliphatic carbocycles. The summed E-state index contributed by atoms with van der Waals surface area (Å²) in [5, 5.41) is 3.04. The highest BCUT2D eigenvalue weighted by atomic mass is 16.5. The molecule has 0 aromatic heterocycles. The lowest BCUT2D eigenvalue weighted by Gasteiger charge is -2.28. The van der Waals surface area contributed by atoms with Gasteiger partial charge in [0.1, 0.15) is 5.78 Å². The third-order valence-electron chi connectivity index (χ3n) is 4.32. The molecule has 0 aliphatic heterocycles. The number of amides is 1. The number of nitrogens with one attached hydrogen (secondary N) is 1. The molecule has 24 heavy (non-hydrogen) atoms. The molecule has 0 unspecified atom stereocenters. The van der Waals surface area contributed by atoms with Gasteiger partial charge >= 0.3 is 0 Å². The molecule has 1 saturated carbocycles. The van der Waals surface area contributed by atoms with Crippen LogP contribution >= 0.6 is 0 Å². The molecule has 0 bridgehead atoms. The highest BCUT2D eigenvalue weighted by Crippen LogP contribution is 2.25. The van der Waals surface area contributed by atoms with Crippen molar-refractivity contribution < 1.29 is 23.8 Å². The maximum Gasteiger partial charge on any atom is 0.222 e. The molecule has 1 aliphatic rings. The summed E-state index contributed by atoms with van der Waals surface area (Å²) in [5.74, 6) is 0.586. The Morgan fingerprint density at radius 3 is 2.04 bits per heavy atom. The number of hydrogen-bond acceptors (Lipinski definition) is 5. The van der Waals surface area contributed by atoms with Gasteiger partial charge in [-0.2, -0.15) is 0 Å². The van der Waals surface area contributed by atoms with E-state index in [-0.39, 0.29) is 17.9 Å². The summed E-state index contributed by atoms with van der Waals surface area (Å²) >= 11 is 0. The van der Waals surface area contributed by atoms with E-state index in [0.29, 0.717) is 58.3 Å². The third kappa shape index (κ3) is 9.35. The van der Waals surface area contributed by atoms with Crippen LogP contribution in [0.1, 0.15) is 52.4 Å².